The topological polar surface area (TPSA) is 122 Å². The molecule has 0 saturated heterocycles. The fraction of sp³-hybridized carbons (Fsp3) is 0.472. The largest absolute Gasteiger partial charge is 0.442 e. The van der Waals surface area contributed by atoms with Gasteiger partial charge in [0.2, 0.25) is 5.91 Å². The van der Waals surface area contributed by atoms with Gasteiger partial charge in [-0.15, -0.1) is 0 Å². The highest BCUT2D eigenvalue weighted by molar-refractivity contribution is 5.93. The molecule has 5 rings (SSSR count). The van der Waals surface area contributed by atoms with Crippen molar-refractivity contribution in [3.05, 3.63) is 71.5 Å². The Kier molecular flexibility index (Phi) is 11.1. The molecule has 5 N–H and O–H groups in total. The summed E-state index contributed by atoms with van der Waals surface area (Å²) in [5.41, 5.74) is 12.6. The monoisotopic (exact) mass is 597 g/mol. The van der Waals surface area contributed by atoms with Crippen molar-refractivity contribution in [3.63, 3.8) is 0 Å². The number of amides is 2. The Morgan fingerprint density at radius 1 is 0.977 bits per heavy atom. The molecule has 8 heteroatoms. The van der Waals surface area contributed by atoms with E-state index in [0.717, 1.165) is 73.5 Å². The van der Waals surface area contributed by atoms with Crippen LogP contribution in [0.3, 0.4) is 0 Å². The highest BCUT2D eigenvalue weighted by atomic mass is 16.6. The van der Waals surface area contributed by atoms with Crippen LogP contribution in [0.15, 0.2) is 54.7 Å². The number of ether oxygens (including phenoxy) is 1. The molecule has 0 radical (unpaired) electrons. The summed E-state index contributed by atoms with van der Waals surface area (Å²) in [6, 6.07) is 16.6. The Morgan fingerprint density at radius 2 is 1.80 bits per heavy atom. The predicted octanol–water partition coefficient (Wildman–Crippen LogP) is 7.72. The van der Waals surface area contributed by atoms with Crippen molar-refractivity contribution >= 4 is 39.5 Å². The van der Waals surface area contributed by atoms with Gasteiger partial charge < -0.3 is 26.1 Å². The first-order chi connectivity index (χ1) is 21.5. The van der Waals surface area contributed by atoms with Gasteiger partial charge in [0.25, 0.3) is 0 Å². The van der Waals surface area contributed by atoms with E-state index < -0.39 is 12.2 Å². The minimum atomic E-state index is -0.765. The highest BCUT2D eigenvalue weighted by Crippen LogP contribution is 2.34. The maximum atomic E-state index is 11.8. The van der Waals surface area contributed by atoms with Crippen LogP contribution in [0.4, 0.5) is 10.5 Å². The molecule has 0 fully saturated rings. The molecule has 0 saturated carbocycles. The van der Waals surface area contributed by atoms with Gasteiger partial charge in [0.05, 0.1) is 5.52 Å². The SMILES string of the molecule is CC(=O)NCCC(CCCCCCCNc1c2c(nc3ccccc13)CCCC2)CC(OC(N)=O)c1ccc2[nH]ccc2c1. The Labute approximate surface area is 260 Å². The number of para-hydroxylation sites is 1. The Bertz CT molecular complexity index is 1550. The summed E-state index contributed by atoms with van der Waals surface area (Å²) in [6.45, 7) is 3.12. The fourth-order valence-electron chi connectivity index (χ4n) is 6.68. The third-order valence-corrected chi connectivity index (χ3v) is 8.94. The molecule has 2 atom stereocenters. The average molecular weight is 598 g/mol. The molecule has 0 bridgehead atoms. The van der Waals surface area contributed by atoms with Gasteiger partial charge in [0.15, 0.2) is 0 Å². The van der Waals surface area contributed by atoms with E-state index >= 15 is 0 Å². The van der Waals surface area contributed by atoms with Crippen molar-refractivity contribution in [2.75, 3.05) is 18.4 Å². The number of benzene rings is 2. The highest BCUT2D eigenvalue weighted by Gasteiger charge is 2.22. The zero-order chi connectivity index (χ0) is 30.7. The first-order valence-electron chi connectivity index (χ1n) is 16.4. The van der Waals surface area contributed by atoms with Gasteiger partial charge in [0, 0.05) is 48.5 Å². The predicted molar refractivity (Wildman–Crippen MR) is 178 cm³/mol. The molecule has 2 heterocycles. The number of aromatic amines is 1. The number of pyridine rings is 1. The van der Waals surface area contributed by atoms with Crippen LogP contribution < -0.4 is 16.4 Å². The second kappa shape index (κ2) is 15.6. The molecule has 44 heavy (non-hydrogen) atoms. The van der Waals surface area contributed by atoms with Crippen LogP contribution >= 0.6 is 0 Å². The molecule has 0 spiro atoms. The quantitative estimate of drug-likeness (QED) is 0.0985. The lowest BCUT2D eigenvalue weighted by Crippen LogP contribution is -2.25. The van der Waals surface area contributed by atoms with Gasteiger partial charge >= 0.3 is 6.09 Å². The lowest BCUT2D eigenvalue weighted by Gasteiger charge is -2.24. The number of carbonyl (C=O) groups excluding carboxylic acids is 2. The maximum absolute atomic E-state index is 11.8. The molecule has 8 nitrogen and oxygen atoms in total. The zero-order valence-corrected chi connectivity index (χ0v) is 26.0. The van der Waals surface area contributed by atoms with E-state index in [9.17, 15) is 9.59 Å². The number of primary amides is 1. The molecular weight excluding hydrogens is 550 g/mol. The summed E-state index contributed by atoms with van der Waals surface area (Å²) in [5.74, 6) is 0.265. The third kappa shape index (κ3) is 8.52. The van der Waals surface area contributed by atoms with Crippen LogP contribution in [0.25, 0.3) is 21.8 Å². The molecule has 234 valence electrons. The van der Waals surface area contributed by atoms with E-state index in [-0.39, 0.29) is 5.91 Å². The fourth-order valence-corrected chi connectivity index (χ4v) is 6.68. The van der Waals surface area contributed by atoms with Crippen LogP contribution in [-0.4, -0.2) is 35.1 Å². The van der Waals surface area contributed by atoms with E-state index in [1.165, 1.54) is 48.0 Å². The number of rotatable bonds is 16. The average Bonchev–Trinajstić information content (AvgIpc) is 3.49. The number of nitrogens with one attached hydrogen (secondary N) is 3. The Morgan fingerprint density at radius 3 is 2.66 bits per heavy atom. The van der Waals surface area contributed by atoms with Gasteiger partial charge in [-0.05, 0) is 91.6 Å². The number of hydrogen-bond donors (Lipinski definition) is 4. The van der Waals surface area contributed by atoms with Gasteiger partial charge in [-0.2, -0.15) is 0 Å². The van der Waals surface area contributed by atoms with Crippen molar-refractivity contribution in [3.8, 4) is 0 Å². The molecule has 4 aromatic rings. The van der Waals surface area contributed by atoms with Crippen LogP contribution in [-0.2, 0) is 22.4 Å². The van der Waals surface area contributed by atoms with Crippen LogP contribution in [0, 0.1) is 5.92 Å². The molecular formula is C36H47N5O3. The number of hydrogen-bond acceptors (Lipinski definition) is 5. The second-order valence-corrected chi connectivity index (χ2v) is 12.2. The summed E-state index contributed by atoms with van der Waals surface area (Å²) in [6.07, 6.45) is 13.6. The number of H-pyrrole nitrogens is 1. The zero-order valence-electron chi connectivity index (χ0n) is 26.0. The summed E-state index contributed by atoms with van der Waals surface area (Å²) >= 11 is 0. The van der Waals surface area contributed by atoms with Crippen molar-refractivity contribution in [1.82, 2.24) is 15.3 Å². The lowest BCUT2D eigenvalue weighted by molar-refractivity contribution is -0.119. The molecule has 2 amide bonds. The minimum absolute atomic E-state index is 0.0273. The number of fused-ring (bicyclic) bond motifs is 3. The second-order valence-electron chi connectivity index (χ2n) is 12.2. The summed E-state index contributed by atoms with van der Waals surface area (Å²) in [5, 5.41) is 9.04. The normalized spacial score (nSPS) is 14.2. The molecule has 2 aromatic heterocycles. The van der Waals surface area contributed by atoms with Crippen LogP contribution in [0.1, 0.15) is 94.1 Å². The van der Waals surface area contributed by atoms with Gasteiger partial charge in [-0.3, -0.25) is 9.78 Å². The number of anilines is 1. The van der Waals surface area contributed by atoms with Crippen LogP contribution in [0.5, 0.6) is 0 Å². The summed E-state index contributed by atoms with van der Waals surface area (Å²) in [7, 11) is 0. The maximum Gasteiger partial charge on any atom is 0.405 e. The number of unbranched alkanes of at least 4 members (excludes halogenated alkanes) is 4. The number of nitrogens with zero attached hydrogens (tertiary/aromatic N) is 1. The van der Waals surface area contributed by atoms with Crippen molar-refractivity contribution in [2.45, 2.75) is 90.1 Å². The van der Waals surface area contributed by atoms with E-state index in [1.807, 2.05) is 24.4 Å². The van der Waals surface area contributed by atoms with Crippen molar-refractivity contribution < 1.29 is 14.3 Å². The molecule has 2 unspecified atom stereocenters. The van der Waals surface area contributed by atoms with E-state index in [4.69, 9.17) is 15.5 Å². The van der Waals surface area contributed by atoms with Crippen LogP contribution in [0.2, 0.25) is 0 Å². The lowest BCUT2D eigenvalue weighted by atomic mass is 9.89. The van der Waals surface area contributed by atoms with Gasteiger partial charge in [-0.1, -0.05) is 56.4 Å². The summed E-state index contributed by atoms with van der Waals surface area (Å²) in [4.78, 5) is 31.5. The van der Waals surface area contributed by atoms with E-state index in [1.54, 1.807) is 6.92 Å². The number of carbonyl (C=O) groups is 2. The van der Waals surface area contributed by atoms with Crippen molar-refractivity contribution in [2.24, 2.45) is 11.7 Å². The Hall–Kier alpha value is -4.07. The number of aromatic nitrogens is 2. The number of nitrogens with two attached hydrogens (primary N) is 1. The standard InChI is InChI=1S/C36H47N5O3/c1-25(42)38-21-18-26(23-34(44-36(37)43)28-16-17-31-27(24-28)19-22-39-31)11-5-3-2-4-10-20-40-35-29-12-6-8-14-32(29)41-33-15-9-7-13-30(33)35/h6,8,12,14,16-17,19,22,24,26,34,39H,2-5,7,9-11,13,15,18,20-21,23H2,1H3,(H2,37,43)(H,38,42)(H,40,41). The molecule has 0 aliphatic heterocycles. The van der Waals surface area contributed by atoms with Crippen molar-refractivity contribution in [1.29, 1.82) is 0 Å². The molecule has 1 aliphatic rings. The van der Waals surface area contributed by atoms with E-state index in [0.29, 0.717) is 18.9 Å². The number of aryl methyl sites for hydroxylation is 1. The first kappa shape index (κ1) is 31.4. The third-order valence-electron chi connectivity index (χ3n) is 8.94. The smallest absolute Gasteiger partial charge is 0.405 e. The first-order valence-corrected chi connectivity index (χ1v) is 16.4. The Balaban J connectivity index is 1.11. The van der Waals surface area contributed by atoms with E-state index in [2.05, 4.69) is 45.9 Å². The van der Waals surface area contributed by atoms with Gasteiger partial charge in [0.1, 0.15) is 6.10 Å². The van der Waals surface area contributed by atoms with Gasteiger partial charge in [-0.25, -0.2) is 4.79 Å². The summed E-state index contributed by atoms with van der Waals surface area (Å²) < 4.78 is 5.62. The minimum Gasteiger partial charge on any atom is -0.442 e. The molecule has 2 aromatic carbocycles. The molecule has 1 aliphatic carbocycles.